The molecule has 1 fully saturated rings. The van der Waals surface area contributed by atoms with Crippen molar-refractivity contribution >= 4 is 15.8 Å². The fourth-order valence-electron chi connectivity index (χ4n) is 2.79. The molecule has 0 spiro atoms. The van der Waals surface area contributed by atoms with E-state index in [0.717, 1.165) is 18.4 Å². The molecule has 6 heteroatoms. The predicted octanol–water partition coefficient (Wildman–Crippen LogP) is 1.95. The van der Waals surface area contributed by atoms with E-state index < -0.39 is 9.84 Å². The van der Waals surface area contributed by atoms with Crippen molar-refractivity contribution in [2.45, 2.75) is 57.9 Å². The first-order valence-corrected chi connectivity index (χ1v) is 10.1. The molecule has 0 aromatic carbocycles. The van der Waals surface area contributed by atoms with Crippen LogP contribution in [0.2, 0.25) is 0 Å². The van der Waals surface area contributed by atoms with Gasteiger partial charge < -0.3 is 10.6 Å². The summed E-state index contributed by atoms with van der Waals surface area (Å²) in [6.45, 7) is 2.91. The Morgan fingerprint density at radius 1 is 1.33 bits per heavy atom. The lowest BCUT2D eigenvalue weighted by Gasteiger charge is -2.18. The minimum absolute atomic E-state index is 0.0979. The predicted molar refractivity (Wildman–Crippen MR) is 89.5 cm³/mol. The largest absolute Gasteiger partial charge is 0.356 e. The van der Waals surface area contributed by atoms with Crippen molar-refractivity contribution in [1.82, 2.24) is 10.6 Å². The number of nitrogens with one attached hydrogen (secondary N) is 2. The highest BCUT2D eigenvalue weighted by Crippen LogP contribution is 2.28. The number of hydrogen-bond donors (Lipinski definition) is 2. The van der Waals surface area contributed by atoms with Crippen LogP contribution in [-0.4, -0.2) is 46.0 Å². The molecule has 2 N–H and O–H groups in total. The molecular formula is C15H31N3O2S. The molecule has 21 heavy (non-hydrogen) atoms. The lowest BCUT2D eigenvalue weighted by Crippen LogP contribution is -2.43. The Morgan fingerprint density at radius 2 is 2.00 bits per heavy atom. The SMILES string of the molecule is CN=C(NCCCC1CCCC1)NC(C)CCS(C)(=O)=O. The zero-order valence-corrected chi connectivity index (χ0v) is 14.5. The summed E-state index contributed by atoms with van der Waals surface area (Å²) in [6.07, 6.45) is 9.94. The number of guanidine groups is 1. The molecule has 0 aromatic heterocycles. The van der Waals surface area contributed by atoms with Crippen molar-refractivity contribution in [1.29, 1.82) is 0 Å². The van der Waals surface area contributed by atoms with Crippen LogP contribution in [0, 0.1) is 5.92 Å². The lowest BCUT2D eigenvalue weighted by atomic mass is 10.0. The van der Waals surface area contributed by atoms with E-state index in [4.69, 9.17) is 0 Å². The van der Waals surface area contributed by atoms with Crippen LogP contribution in [0.3, 0.4) is 0 Å². The van der Waals surface area contributed by atoms with Gasteiger partial charge in [0.1, 0.15) is 9.84 Å². The maximum absolute atomic E-state index is 11.2. The van der Waals surface area contributed by atoms with Gasteiger partial charge in [0.15, 0.2) is 5.96 Å². The molecule has 1 unspecified atom stereocenters. The third-order valence-electron chi connectivity index (χ3n) is 4.08. The number of nitrogens with zero attached hydrogens (tertiary/aromatic N) is 1. The zero-order valence-electron chi connectivity index (χ0n) is 13.7. The Hall–Kier alpha value is -0.780. The van der Waals surface area contributed by atoms with Crippen molar-refractivity contribution in [3.05, 3.63) is 0 Å². The molecule has 0 radical (unpaired) electrons. The normalized spacial score (nSPS) is 18.7. The summed E-state index contributed by atoms with van der Waals surface area (Å²) < 4.78 is 22.3. The minimum atomic E-state index is -2.89. The highest BCUT2D eigenvalue weighted by Gasteiger charge is 2.14. The second kappa shape index (κ2) is 9.28. The van der Waals surface area contributed by atoms with E-state index >= 15 is 0 Å². The quantitative estimate of drug-likeness (QED) is 0.408. The van der Waals surface area contributed by atoms with E-state index in [0.29, 0.717) is 6.42 Å². The van der Waals surface area contributed by atoms with Crippen LogP contribution < -0.4 is 10.6 Å². The maximum atomic E-state index is 11.2. The summed E-state index contributed by atoms with van der Waals surface area (Å²) >= 11 is 0. The molecule has 1 aliphatic rings. The average Bonchev–Trinajstić information content (AvgIpc) is 2.92. The average molecular weight is 317 g/mol. The van der Waals surface area contributed by atoms with E-state index in [1.165, 1.54) is 44.8 Å². The standard InChI is InChI=1S/C15H31N3O2S/c1-13(10-12-21(3,19)20)18-15(16-2)17-11-6-9-14-7-4-5-8-14/h13-14H,4-12H2,1-3H3,(H2,16,17,18). The summed E-state index contributed by atoms with van der Waals surface area (Å²) in [7, 11) is -1.15. The molecule has 0 aromatic rings. The van der Waals surface area contributed by atoms with Gasteiger partial charge in [-0.25, -0.2) is 8.42 Å². The molecule has 1 aliphatic carbocycles. The summed E-state index contributed by atoms with van der Waals surface area (Å²) in [5, 5.41) is 6.55. The van der Waals surface area contributed by atoms with E-state index in [1.807, 2.05) is 6.92 Å². The van der Waals surface area contributed by atoms with E-state index in [-0.39, 0.29) is 11.8 Å². The van der Waals surface area contributed by atoms with Crippen LogP contribution in [-0.2, 0) is 9.84 Å². The zero-order chi connectivity index (χ0) is 15.7. The van der Waals surface area contributed by atoms with Gasteiger partial charge in [0.05, 0.1) is 5.75 Å². The van der Waals surface area contributed by atoms with Crippen molar-refractivity contribution in [2.75, 3.05) is 25.6 Å². The van der Waals surface area contributed by atoms with Crippen molar-refractivity contribution in [3.8, 4) is 0 Å². The summed E-state index contributed by atoms with van der Waals surface area (Å²) in [6, 6.07) is 0.0979. The van der Waals surface area contributed by atoms with Crippen LogP contribution in [0.5, 0.6) is 0 Å². The molecule has 0 heterocycles. The monoisotopic (exact) mass is 317 g/mol. The third kappa shape index (κ3) is 8.96. The molecule has 0 amide bonds. The summed E-state index contributed by atoms with van der Waals surface area (Å²) in [5.74, 6) is 1.90. The smallest absolute Gasteiger partial charge is 0.191 e. The molecule has 5 nitrogen and oxygen atoms in total. The summed E-state index contributed by atoms with van der Waals surface area (Å²) in [4.78, 5) is 4.19. The van der Waals surface area contributed by atoms with Crippen LogP contribution in [0.1, 0.15) is 51.9 Å². The molecule has 1 atom stereocenters. The third-order valence-corrected chi connectivity index (χ3v) is 5.06. The Bertz CT molecular complexity index is 415. The van der Waals surface area contributed by atoms with Gasteiger partial charge >= 0.3 is 0 Å². The van der Waals surface area contributed by atoms with Gasteiger partial charge in [-0.15, -0.1) is 0 Å². The fraction of sp³-hybridized carbons (Fsp3) is 0.933. The molecule has 1 saturated carbocycles. The van der Waals surface area contributed by atoms with Crippen molar-refractivity contribution in [2.24, 2.45) is 10.9 Å². The molecule has 0 bridgehead atoms. The molecule has 0 aliphatic heterocycles. The van der Waals surface area contributed by atoms with Crippen LogP contribution in [0.25, 0.3) is 0 Å². The van der Waals surface area contributed by atoms with E-state index in [9.17, 15) is 8.42 Å². The first-order chi connectivity index (χ1) is 9.90. The first-order valence-electron chi connectivity index (χ1n) is 8.05. The Kier molecular flexibility index (Phi) is 8.07. The van der Waals surface area contributed by atoms with Crippen molar-refractivity contribution in [3.63, 3.8) is 0 Å². The van der Waals surface area contributed by atoms with Crippen molar-refractivity contribution < 1.29 is 8.42 Å². The minimum Gasteiger partial charge on any atom is -0.356 e. The number of sulfone groups is 1. The van der Waals surface area contributed by atoms with Gasteiger partial charge in [0.25, 0.3) is 0 Å². The molecule has 124 valence electrons. The Labute approximate surface area is 129 Å². The number of aliphatic imine (C=N–C) groups is 1. The van der Waals surface area contributed by atoms with E-state index in [1.54, 1.807) is 7.05 Å². The maximum Gasteiger partial charge on any atom is 0.191 e. The fourth-order valence-corrected chi connectivity index (χ4v) is 3.57. The van der Waals surface area contributed by atoms with Gasteiger partial charge in [-0.3, -0.25) is 4.99 Å². The second-order valence-corrected chi connectivity index (χ2v) is 8.52. The first kappa shape index (κ1) is 18.3. The highest BCUT2D eigenvalue weighted by molar-refractivity contribution is 7.90. The number of hydrogen-bond acceptors (Lipinski definition) is 3. The van der Waals surface area contributed by atoms with Gasteiger partial charge in [-0.05, 0) is 32.1 Å². The lowest BCUT2D eigenvalue weighted by molar-refractivity contribution is 0.480. The molecule has 0 saturated heterocycles. The number of rotatable bonds is 8. The Balaban J connectivity index is 2.15. The summed E-state index contributed by atoms with van der Waals surface area (Å²) in [5.41, 5.74) is 0. The van der Waals surface area contributed by atoms with E-state index in [2.05, 4.69) is 15.6 Å². The Morgan fingerprint density at radius 3 is 2.57 bits per heavy atom. The topological polar surface area (TPSA) is 70.6 Å². The molecular weight excluding hydrogens is 286 g/mol. The molecule has 1 rings (SSSR count). The highest BCUT2D eigenvalue weighted by atomic mass is 32.2. The van der Waals surface area contributed by atoms with Crippen LogP contribution >= 0.6 is 0 Å². The van der Waals surface area contributed by atoms with Gasteiger partial charge in [0.2, 0.25) is 0 Å². The van der Waals surface area contributed by atoms with Crippen LogP contribution in [0.4, 0.5) is 0 Å². The van der Waals surface area contributed by atoms with Crippen LogP contribution in [0.15, 0.2) is 4.99 Å². The van der Waals surface area contributed by atoms with Gasteiger partial charge in [-0.2, -0.15) is 0 Å². The second-order valence-electron chi connectivity index (χ2n) is 6.26. The van der Waals surface area contributed by atoms with Gasteiger partial charge in [0, 0.05) is 25.9 Å². The van der Waals surface area contributed by atoms with Gasteiger partial charge in [-0.1, -0.05) is 25.7 Å².